The maximum atomic E-state index is 11.9. The van der Waals surface area contributed by atoms with E-state index in [1.54, 1.807) is 31.4 Å². The van der Waals surface area contributed by atoms with E-state index in [1.807, 2.05) is 60.7 Å². The van der Waals surface area contributed by atoms with E-state index in [1.165, 1.54) is 11.1 Å². The minimum absolute atomic E-state index is 0.105. The molecule has 4 N–H and O–H groups in total. The molecule has 5 aromatic carbocycles. The smallest absolute Gasteiger partial charge is 0.120 e. The third-order valence-electron chi connectivity index (χ3n) is 10.7. The van der Waals surface area contributed by atoms with Gasteiger partial charge in [-0.3, -0.25) is 0 Å². The van der Waals surface area contributed by atoms with Crippen LogP contribution in [0.5, 0.6) is 28.7 Å². The number of phenols is 4. The van der Waals surface area contributed by atoms with Gasteiger partial charge in [0.05, 0.1) is 7.11 Å². The highest BCUT2D eigenvalue weighted by Gasteiger charge is 2.35. The monoisotopic (exact) mass is 650 g/mol. The molecule has 0 aliphatic heterocycles. The van der Waals surface area contributed by atoms with Crippen LogP contribution >= 0.6 is 0 Å². The minimum atomic E-state index is -0.465. The Kier molecular flexibility index (Phi) is 8.23. The maximum absolute atomic E-state index is 11.9. The molecule has 0 bridgehead atoms. The summed E-state index contributed by atoms with van der Waals surface area (Å²) >= 11 is 0. The van der Waals surface area contributed by atoms with E-state index < -0.39 is 5.92 Å². The van der Waals surface area contributed by atoms with Gasteiger partial charge in [0.2, 0.25) is 0 Å². The normalized spacial score (nSPS) is 17.3. The molecule has 0 fully saturated rings. The highest BCUT2D eigenvalue weighted by atomic mass is 16.5. The summed E-state index contributed by atoms with van der Waals surface area (Å²) < 4.78 is 5.49. The first kappa shape index (κ1) is 32.1. The van der Waals surface area contributed by atoms with Crippen molar-refractivity contribution in [2.75, 3.05) is 7.11 Å². The molecule has 5 nitrogen and oxygen atoms in total. The lowest BCUT2D eigenvalue weighted by atomic mass is 9.79. The van der Waals surface area contributed by atoms with Crippen molar-refractivity contribution < 1.29 is 25.2 Å². The molecule has 2 aliphatic rings. The lowest BCUT2D eigenvalue weighted by Gasteiger charge is -2.25. The number of ether oxygens (including phenoxy) is 1. The summed E-state index contributed by atoms with van der Waals surface area (Å²) in [4.78, 5) is 0. The first-order valence-electron chi connectivity index (χ1n) is 17.0. The third kappa shape index (κ3) is 5.34. The largest absolute Gasteiger partial charge is 0.508 e. The zero-order chi connectivity index (χ0) is 34.6. The molecule has 0 heterocycles. The zero-order valence-electron chi connectivity index (χ0n) is 28.6. The summed E-state index contributed by atoms with van der Waals surface area (Å²) in [6.07, 6.45) is 1.73. The van der Waals surface area contributed by atoms with Crippen LogP contribution in [0.15, 0.2) is 97.1 Å². The van der Waals surface area contributed by atoms with E-state index in [4.69, 9.17) is 4.74 Å². The molecule has 0 radical (unpaired) electrons. The number of aromatic hydroxyl groups is 4. The first-order chi connectivity index (χ1) is 23.6. The van der Waals surface area contributed by atoms with Crippen LogP contribution in [0.1, 0.15) is 108 Å². The van der Waals surface area contributed by atoms with Crippen molar-refractivity contribution in [3.8, 4) is 28.7 Å². The van der Waals surface area contributed by atoms with E-state index in [-0.39, 0.29) is 34.8 Å². The summed E-state index contributed by atoms with van der Waals surface area (Å²) in [7, 11) is 1.64. The van der Waals surface area contributed by atoms with Crippen molar-refractivity contribution in [2.24, 2.45) is 0 Å². The fourth-order valence-corrected chi connectivity index (χ4v) is 8.35. The lowest BCUT2D eigenvalue weighted by molar-refractivity contribution is 0.414. The molecule has 2 atom stereocenters. The van der Waals surface area contributed by atoms with Crippen molar-refractivity contribution in [1.29, 1.82) is 0 Å². The Morgan fingerprint density at radius 1 is 0.571 bits per heavy atom. The number of hydrogen-bond donors (Lipinski definition) is 4. The number of fused-ring (bicyclic) bond motifs is 2. The number of allylic oxidation sites excluding steroid dienone is 4. The van der Waals surface area contributed by atoms with E-state index in [9.17, 15) is 20.4 Å². The van der Waals surface area contributed by atoms with Crippen molar-refractivity contribution in [3.63, 3.8) is 0 Å². The molecule has 248 valence electrons. The van der Waals surface area contributed by atoms with Crippen LogP contribution in [-0.4, -0.2) is 27.5 Å². The van der Waals surface area contributed by atoms with Crippen molar-refractivity contribution in [3.05, 3.63) is 147 Å². The van der Waals surface area contributed by atoms with Gasteiger partial charge in [-0.15, -0.1) is 0 Å². The van der Waals surface area contributed by atoms with Gasteiger partial charge < -0.3 is 25.2 Å². The van der Waals surface area contributed by atoms with Crippen LogP contribution in [0.4, 0.5) is 0 Å². The SMILES string of the molecule is CCC1C(c2ccc(O)cc2)=C(C)c2cc(O)c(C(c3ccc(OC)cc3)c3cc4c(cc3O)C(C)=C(c3ccc(O)cc3)C4CC)cc21. The summed E-state index contributed by atoms with van der Waals surface area (Å²) in [5, 5.41) is 43.7. The van der Waals surface area contributed by atoms with Gasteiger partial charge in [-0.05, 0) is 149 Å². The van der Waals surface area contributed by atoms with E-state index >= 15 is 0 Å². The molecule has 0 saturated carbocycles. The van der Waals surface area contributed by atoms with Gasteiger partial charge in [-0.25, -0.2) is 0 Å². The van der Waals surface area contributed by atoms with E-state index in [2.05, 4.69) is 39.8 Å². The summed E-state index contributed by atoms with van der Waals surface area (Å²) in [5.74, 6) is 1.28. The molecule has 2 aliphatic carbocycles. The quantitative estimate of drug-likeness (QED) is 0.126. The Bertz CT molecular complexity index is 1990. The molecule has 0 amide bonds. The molecule has 49 heavy (non-hydrogen) atoms. The van der Waals surface area contributed by atoms with Crippen LogP contribution < -0.4 is 4.74 Å². The number of phenolic OH excluding ortho intramolecular Hbond substituents is 4. The maximum Gasteiger partial charge on any atom is 0.120 e. The first-order valence-corrected chi connectivity index (χ1v) is 17.0. The molecule has 5 heteroatoms. The van der Waals surface area contributed by atoms with Gasteiger partial charge in [0.25, 0.3) is 0 Å². The zero-order valence-corrected chi connectivity index (χ0v) is 28.6. The van der Waals surface area contributed by atoms with E-state index in [0.717, 1.165) is 79.8 Å². The average molecular weight is 651 g/mol. The van der Waals surface area contributed by atoms with Gasteiger partial charge in [0.15, 0.2) is 0 Å². The van der Waals surface area contributed by atoms with Gasteiger partial charge in [0.1, 0.15) is 28.7 Å². The van der Waals surface area contributed by atoms with Crippen LogP contribution in [-0.2, 0) is 0 Å². The Morgan fingerprint density at radius 3 is 1.35 bits per heavy atom. The predicted molar refractivity (Wildman–Crippen MR) is 197 cm³/mol. The Balaban J connectivity index is 1.39. The Labute approximate surface area is 288 Å². The van der Waals surface area contributed by atoms with Crippen LogP contribution in [0.25, 0.3) is 22.3 Å². The number of hydrogen-bond acceptors (Lipinski definition) is 5. The predicted octanol–water partition coefficient (Wildman–Crippen LogP) is 10.6. The van der Waals surface area contributed by atoms with Crippen LogP contribution in [0.3, 0.4) is 0 Å². The van der Waals surface area contributed by atoms with Crippen LogP contribution in [0, 0.1) is 0 Å². The molecule has 7 rings (SSSR count). The van der Waals surface area contributed by atoms with Gasteiger partial charge in [-0.2, -0.15) is 0 Å². The highest BCUT2D eigenvalue weighted by Crippen LogP contribution is 2.55. The topological polar surface area (TPSA) is 90.2 Å². The van der Waals surface area contributed by atoms with Crippen molar-refractivity contribution in [1.82, 2.24) is 0 Å². The second kappa shape index (κ2) is 12.6. The summed E-state index contributed by atoms with van der Waals surface area (Å²) in [6.45, 7) is 8.57. The Morgan fingerprint density at radius 2 is 0.980 bits per heavy atom. The van der Waals surface area contributed by atoms with Gasteiger partial charge in [-0.1, -0.05) is 50.2 Å². The van der Waals surface area contributed by atoms with E-state index in [0.29, 0.717) is 0 Å². The highest BCUT2D eigenvalue weighted by molar-refractivity contribution is 6.00. The standard InChI is InChI=1S/C44H42O5/c1-6-32-36-20-38(40(47)22-34(36)24(3)42(32)26-8-14-29(45)15-9-26)44(28-12-18-31(49-5)19-13-28)39-21-37-33(7-2)43(25(4)35(37)23-41(39)48)27-10-16-30(46)17-11-27/h8-23,32-33,44-48H,6-7H2,1-5H3. The molecular weight excluding hydrogens is 608 g/mol. The summed E-state index contributed by atoms with van der Waals surface area (Å²) in [5.41, 5.74) is 13.5. The fraction of sp³-hybridized carbons (Fsp3) is 0.227. The molecule has 0 aromatic heterocycles. The number of methoxy groups -OCH3 is 1. The molecule has 2 unspecified atom stereocenters. The molecular formula is C44H42O5. The molecule has 0 saturated heterocycles. The number of rotatable bonds is 8. The minimum Gasteiger partial charge on any atom is -0.508 e. The summed E-state index contributed by atoms with van der Waals surface area (Å²) in [6, 6.07) is 30.6. The fourth-order valence-electron chi connectivity index (χ4n) is 8.35. The van der Waals surface area contributed by atoms with Crippen molar-refractivity contribution >= 4 is 22.3 Å². The average Bonchev–Trinajstić information content (AvgIpc) is 3.54. The Hall–Kier alpha value is -5.42. The van der Waals surface area contributed by atoms with Gasteiger partial charge in [0, 0.05) is 28.9 Å². The second-order valence-electron chi connectivity index (χ2n) is 13.3. The van der Waals surface area contributed by atoms with Crippen LogP contribution in [0.2, 0.25) is 0 Å². The molecule has 5 aromatic rings. The number of benzene rings is 5. The third-order valence-corrected chi connectivity index (χ3v) is 10.7. The van der Waals surface area contributed by atoms with Gasteiger partial charge >= 0.3 is 0 Å². The lowest BCUT2D eigenvalue weighted by Crippen LogP contribution is -2.08. The molecule has 0 spiro atoms. The van der Waals surface area contributed by atoms with Crippen molar-refractivity contribution in [2.45, 2.75) is 58.3 Å². The second-order valence-corrected chi connectivity index (χ2v) is 13.3.